The van der Waals surface area contributed by atoms with Crippen molar-refractivity contribution in [3.8, 4) is 11.5 Å². The van der Waals surface area contributed by atoms with Crippen LogP contribution < -0.4 is 0 Å². The van der Waals surface area contributed by atoms with Crippen LogP contribution in [-0.2, 0) is 50.8 Å². The molecule has 0 saturated heterocycles. The number of hydrogen-bond donors (Lipinski definition) is 2. The number of rotatable bonds is 18. The average molecular weight is 625 g/mol. The number of ether oxygens (including phenoxy) is 4. The van der Waals surface area contributed by atoms with Crippen LogP contribution in [0, 0.1) is 0 Å². The minimum Gasteiger partial charge on any atom is -0.507 e. The van der Waals surface area contributed by atoms with Crippen molar-refractivity contribution in [3.05, 3.63) is 57.6 Å². The Labute approximate surface area is 248 Å². The smallest absolute Gasteiger partial charge is 0.411 e. The fourth-order valence-corrected chi connectivity index (χ4v) is 4.68. The van der Waals surface area contributed by atoms with Crippen molar-refractivity contribution in [1.82, 2.24) is 0 Å². The predicted molar refractivity (Wildman–Crippen MR) is 149 cm³/mol. The highest BCUT2D eigenvalue weighted by atomic mass is 19.4. The number of phenolic OH excluding ortho intramolecular Hbond substituents is 2. The summed E-state index contributed by atoms with van der Waals surface area (Å²) in [5.41, 5.74) is -7.85. The first-order chi connectivity index (χ1) is 20.3. The molecule has 0 saturated carbocycles. The largest absolute Gasteiger partial charge is 0.507 e. The maximum absolute atomic E-state index is 15.2. The van der Waals surface area contributed by atoms with Crippen LogP contribution in [0.2, 0.25) is 0 Å². The van der Waals surface area contributed by atoms with Crippen LogP contribution in [-0.4, -0.2) is 49.0 Å². The zero-order chi connectivity index (χ0) is 32.3. The second kappa shape index (κ2) is 16.5. The van der Waals surface area contributed by atoms with Gasteiger partial charge in [0.1, 0.15) is 11.5 Å². The minimum atomic E-state index is -5.91. The molecule has 6 nitrogen and oxygen atoms in total. The highest BCUT2D eigenvalue weighted by molar-refractivity contribution is 5.55. The van der Waals surface area contributed by atoms with E-state index < -0.39 is 66.8 Å². The van der Waals surface area contributed by atoms with Crippen LogP contribution >= 0.6 is 0 Å². The molecule has 12 heteroatoms. The molecule has 0 bridgehead atoms. The summed E-state index contributed by atoms with van der Waals surface area (Å²) in [6.07, 6.45) is -9.65. The van der Waals surface area contributed by atoms with E-state index in [2.05, 4.69) is 0 Å². The normalized spacial score (nSPS) is 12.7. The SMILES string of the molecule is CCCOCc1cc(C(c2cc(COCCC)c(O)c(COCCC)c2)(C(F)(F)F)C(F)(F)F)cc(COCCC)c1O. The van der Waals surface area contributed by atoms with Crippen molar-refractivity contribution in [3.63, 3.8) is 0 Å². The summed E-state index contributed by atoms with van der Waals surface area (Å²) in [5, 5.41) is 21.7. The number of alkyl halides is 6. The van der Waals surface area contributed by atoms with E-state index >= 15 is 26.3 Å². The lowest BCUT2D eigenvalue weighted by atomic mass is 9.71. The molecule has 2 N–H and O–H groups in total. The van der Waals surface area contributed by atoms with Gasteiger partial charge in [-0.25, -0.2) is 0 Å². The summed E-state index contributed by atoms with van der Waals surface area (Å²) in [6, 6.07) is 2.73. The summed E-state index contributed by atoms with van der Waals surface area (Å²) in [4.78, 5) is 0. The topological polar surface area (TPSA) is 77.4 Å². The highest BCUT2D eigenvalue weighted by Crippen LogP contribution is 2.57. The third kappa shape index (κ3) is 8.77. The highest BCUT2D eigenvalue weighted by Gasteiger charge is 2.72. The number of halogens is 6. The van der Waals surface area contributed by atoms with Crippen LogP contribution in [0.15, 0.2) is 24.3 Å². The standard InChI is InChI=1S/C31H42F6O6/c1-5-9-40-17-21-13-25(14-22(27(21)38)18-41-10-6-2)29(30(32,33)34,31(35,36)37)26-15-23(19-42-11-7-3)28(39)24(16-26)20-43-12-8-4/h13-16,38-39H,5-12,17-20H2,1-4H3. The molecule has 0 radical (unpaired) electrons. The first-order valence-corrected chi connectivity index (χ1v) is 14.4. The van der Waals surface area contributed by atoms with Gasteiger partial charge in [-0.2, -0.15) is 26.3 Å². The molecule has 0 amide bonds. The molecule has 0 aliphatic carbocycles. The minimum absolute atomic E-state index is 0.176. The van der Waals surface area contributed by atoms with Gasteiger partial charge >= 0.3 is 12.4 Å². The van der Waals surface area contributed by atoms with Crippen LogP contribution in [0.5, 0.6) is 11.5 Å². The fourth-order valence-electron chi connectivity index (χ4n) is 4.68. The number of benzene rings is 2. The maximum atomic E-state index is 15.2. The monoisotopic (exact) mass is 624 g/mol. The van der Waals surface area contributed by atoms with E-state index in [1.165, 1.54) is 0 Å². The van der Waals surface area contributed by atoms with E-state index in [0.717, 1.165) is 0 Å². The quantitative estimate of drug-likeness (QED) is 0.129. The first kappa shape index (κ1) is 36.7. The Morgan fingerprint density at radius 3 is 0.907 bits per heavy atom. The number of hydrogen-bond acceptors (Lipinski definition) is 6. The van der Waals surface area contributed by atoms with Crippen LogP contribution in [0.25, 0.3) is 0 Å². The van der Waals surface area contributed by atoms with E-state index in [1.54, 1.807) is 27.7 Å². The zero-order valence-corrected chi connectivity index (χ0v) is 25.1. The molecule has 2 rings (SSSR count). The molecule has 0 aliphatic heterocycles. The molecule has 0 atom stereocenters. The Kier molecular flexibility index (Phi) is 14.1. The molecule has 43 heavy (non-hydrogen) atoms. The summed E-state index contributed by atoms with van der Waals surface area (Å²) in [7, 11) is 0. The lowest BCUT2D eigenvalue weighted by molar-refractivity contribution is -0.288. The molecule has 0 fully saturated rings. The molecular formula is C31H42F6O6. The van der Waals surface area contributed by atoms with Gasteiger partial charge in [0.05, 0.1) is 26.4 Å². The molecule has 0 aromatic heterocycles. The lowest BCUT2D eigenvalue weighted by Crippen LogP contribution is -2.55. The summed E-state index contributed by atoms with van der Waals surface area (Å²) >= 11 is 0. The van der Waals surface area contributed by atoms with E-state index in [4.69, 9.17) is 18.9 Å². The third-order valence-electron chi connectivity index (χ3n) is 6.68. The molecular weight excluding hydrogens is 582 g/mol. The van der Waals surface area contributed by atoms with Crippen LogP contribution in [0.3, 0.4) is 0 Å². The second-order valence-corrected chi connectivity index (χ2v) is 10.2. The van der Waals surface area contributed by atoms with Crippen molar-refractivity contribution in [1.29, 1.82) is 0 Å². The molecule has 0 heterocycles. The van der Waals surface area contributed by atoms with Crippen molar-refractivity contribution in [2.75, 3.05) is 26.4 Å². The van der Waals surface area contributed by atoms with Crippen LogP contribution in [0.1, 0.15) is 86.8 Å². The molecule has 0 unspecified atom stereocenters. The van der Waals surface area contributed by atoms with Gasteiger partial charge < -0.3 is 29.2 Å². The lowest BCUT2D eigenvalue weighted by Gasteiger charge is -2.39. The van der Waals surface area contributed by atoms with Crippen molar-refractivity contribution in [2.45, 2.75) is 97.6 Å². The van der Waals surface area contributed by atoms with Gasteiger partial charge in [0, 0.05) is 48.7 Å². The van der Waals surface area contributed by atoms with Crippen molar-refractivity contribution < 1.29 is 55.5 Å². The van der Waals surface area contributed by atoms with Gasteiger partial charge in [-0.1, -0.05) is 27.7 Å². The fraction of sp³-hybridized carbons (Fsp3) is 0.613. The van der Waals surface area contributed by atoms with Gasteiger partial charge in [-0.05, 0) is 61.1 Å². The van der Waals surface area contributed by atoms with Gasteiger partial charge in [-0.15, -0.1) is 0 Å². The van der Waals surface area contributed by atoms with Gasteiger partial charge in [0.15, 0.2) is 0 Å². The second-order valence-electron chi connectivity index (χ2n) is 10.2. The summed E-state index contributed by atoms with van der Waals surface area (Å²) < 4.78 is 113. The summed E-state index contributed by atoms with van der Waals surface area (Å²) in [5.74, 6) is -0.996. The van der Waals surface area contributed by atoms with Crippen molar-refractivity contribution in [2.24, 2.45) is 0 Å². The Hall–Kier alpha value is -2.54. The molecule has 2 aromatic carbocycles. The van der Waals surface area contributed by atoms with Gasteiger partial charge in [0.2, 0.25) is 5.41 Å². The van der Waals surface area contributed by atoms with Crippen LogP contribution in [0.4, 0.5) is 26.3 Å². The zero-order valence-electron chi connectivity index (χ0n) is 25.1. The van der Waals surface area contributed by atoms with Crippen molar-refractivity contribution >= 4 is 0 Å². The third-order valence-corrected chi connectivity index (χ3v) is 6.68. The Morgan fingerprint density at radius 2 is 0.721 bits per heavy atom. The number of aromatic hydroxyl groups is 2. The van der Waals surface area contributed by atoms with E-state index in [9.17, 15) is 10.2 Å². The first-order valence-electron chi connectivity index (χ1n) is 14.4. The molecule has 0 spiro atoms. The van der Waals surface area contributed by atoms with E-state index in [0.29, 0.717) is 49.9 Å². The molecule has 244 valence electrons. The summed E-state index contributed by atoms with van der Waals surface area (Å²) in [6.45, 7) is 6.18. The van der Waals surface area contributed by atoms with E-state index in [-0.39, 0.29) is 48.7 Å². The Bertz CT molecular complexity index is 997. The average Bonchev–Trinajstić information content (AvgIpc) is 2.92. The molecule has 0 aliphatic rings. The Balaban J connectivity index is 2.98. The maximum Gasteiger partial charge on any atom is 0.411 e. The predicted octanol–water partition coefficient (Wildman–Crippen LogP) is 8.21. The van der Waals surface area contributed by atoms with Gasteiger partial charge in [-0.3, -0.25) is 0 Å². The van der Waals surface area contributed by atoms with Gasteiger partial charge in [0.25, 0.3) is 0 Å². The van der Waals surface area contributed by atoms with E-state index in [1.807, 2.05) is 0 Å². The molecule has 2 aromatic rings. The Morgan fingerprint density at radius 1 is 0.488 bits per heavy atom. The number of phenols is 2.